The Bertz CT molecular complexity index is 586. The van der Waals surface area contributed by atoms with Gasteiger partial charge in [-0.25, -0.2) is 0 Å². The molecule has 1 saturated heterocycles. The van der Waals surface area contributed by atoms with Crippen LogP contribution in [0.1, 0.15) is 38.1 Å². The van der Waals surface area contributed by atoms with Crippen LogP contribution in [0.3, 0.4) is 0 Å². The predicted molar refractivity (Wildman–Crippen MR) is 80.5 cm³/mol. The highest BCUT2D eigenvalue weighted by atomic mass is 19.4. The molecule has 1 aromatic carbocycles. The summed E-state index contributed by atoms with van der Waals surface area (Å²) >= 11 is 0. The quantitative estimate of drug-likeness (QED) is 0.866. The Hall–Kier alpha value is -1.54. The molecule has 1 aromatic rings. The van der Waals surface area contributed by atoms with Crippen LogP contribution < -0.4 is 10.8 Å². The van der Waals surface area contributed by atoms with Gasteiger partial charge < -0.3 is 14.6 Å². The molecule has 0 spiro atoms. The zero-order valence-corrected chi connectivity index (χ0v) is 13.5. The highest BCUT2D eigenvalue weighted by molar-refractivity contribution is 6.62. The average Bonchev–Trinajstić information content (AvgIpc) is 2.64. The normalized spacial score (nSPS) is 19.7. The van der Waals surface area contributed by atoms with Gasteiger partial charge in [0.1, 0.15) is 6.54 Å². The lowest BCUT2D eigenvalue weighted by molar-refractivity contribution is -0.123. The van der Waals surface area contributed by atoms with Crippen LogP contribution in [-0.2, 0) is 9.31 Å². The third kappa shape index (κ3) is 4.06. The summed E-state index contributed by atoms with van der Waals surface area (Å²) in [6, 6.07) is 6.22. The number of benzene rings is 1. The van der Waals surface area contributed by atoms with Crippen molar-refractivity contribution in [3.63, 3.8) is 0 Å². The molecule has 126 valence electrons. The van der Waals surface area contributed by atoms with Gasteiger partial charge >= 0.3 is 13.3 Å². The number of rotatable bonds is 3. The Labute approximate surface area is 133 Å². The van der Waals surface area contributed by atoms with E-state index in [2.05, 4.69) is 0 Å². The van der Waals surface area contributed by atoms with E-state index in [0.29, 0.717) is 5.46 Å². The highest BCUT2D eigenvalue weighted by Gasteiger charge is 2.51. The number of nitrogens with one attached hydrogen (secondary N) is 1. The molecule has 0 aromatic heterocycles. The third-order valence-electron chi connectivity index (χ3n) is 4.12. The summed E-state index contributed by atoms with van der Waals surface area (Å²) in [6.45, 7) is 6.21. The van der Waals surface area contributed by atoms with Crippen LogP contribution in [0.5, 0.6) is 0 Å². The number of hydrogen-bond donors (Lipinski definition) is 1. The van der Waals surface area contributed by atoms with E-state index in [1.807, 2.05) is 33.0 Å². The Morgan fingerprint density at radius 2 is 1.74 bits per heavy atom. The molecule has 1 heterocycles. The van der Waals surface area contributed by atoms with Crippen molar-refractivity contribution in [1.29, 1.82) is 0 Å². The SMILES string of the molecule is CC1(C)OB(c2cccc(C(=O)NCC(F)(F)F)c2)OC1(C)C. The molecule has 0 saturated carbocycles. The summed E-state index contributed by atoms with van der Waals surface area (Å²) in [4.78, 5) is 11.8. The molecule has 1 aliphatic heterocycles. The second kappa shape index (κ2) is 5.83. The summed E-state index contributed by atoms with van der Waals surface area (Å²) < 4.78 is 48.2. The van der Waals surface area contributed by atoms with Crippen molar-refractivity contribution < 1.29 is 27.3 Å². The number of alkyl halides is 3. The molecular weight excluding hydrogens is 310 g/mol. The molecule has 2 rings (SSSR count). The predicted octanol–water partition coefficient (Wildman–Crippen LogP) is 2.28. The lowest BCUT2D eigenvalue weighted by Gasteiger charge is -2.32. The molecule has 8 heteroatoms. The van der Waals surface area contributed by atoms with Crippen LogP contribution >= 0.6 is 0 Å². The van der Waals surface area contributed by atoms with Gasteiger partial charge in [-0.15, -0.1) is 0 Å². The topological polar surface area (TPSA) is 47.6 Å². The molecule has 0 aliphatic carbocycles. The number of carbonyl (C=O) groups excluding carboxylic acids is 1. The molecule has 0 atom stereocenters. The van der Waals surface area contributed by atoms with Crippen molar-refractivity contribution in [3.05, 3.63) is 29.8 Å². The van der Waals surface area contributed by atoms with Gasteiger partial charge in [0.25, 0.3) is 5.91 Å². The van der Waals surface area contributed by atoms with E-state index in [1.165, 1.54) is 12.1 Å². The minimum Gasteiger partial charge on any atom is -0.399 e. The molecular formula is C15H19BF3NO3. The van der Waals surface area contributed by atoms with Gasteiger partial charge in [0.15, 0.2) is 0 Å². The van der Waals surface area contributed by atoms with E-state index in [9.17, 15) is 18.0 Å². The standard InChI is InChI=1S/C15H19BF3NO3/c1-13(2)14(3,4)23-16(22-13)11-7-5-6-10(8-11)12(21)20-9-15(17,18)19/h5-8H,9H2,1-4H3,(H,20,21). The van der Waals surface area contributed by atoms with Gasteiger partial charge in [0.05, 0.1) is 11.2 Å². The van der Waals surface area contributed by atoms with E-state index in [4.69, 9.17) is 9.31 Å². The average molecular weight is 329 g/mol. The zero-order chi connectivity index (χ0) is 17.5. The summed E-state index contributed by atoms with van der Waals surface area (Å²) in [5, 5.41) is 1.84. The van der Waals surface area contributed by atoms with Crippen molar-refractivity contribution in [2.45, 2.75) is 45.1 Å². The minimum absolute atomic E-state index is 0.126. The smallest absolute Gasteiger partial charge is 0.399 e. The van der Waals surface area contributed by atoms with Crippen molar-refractivity contribution in [3.8, 4) is 0 Å². The monoisotopic (exact) mass is 329 g/mol. The maximum absolute atomic E-state index is 12.2. The first-order chi connectivity index (χ1) is 10.4. The van der Waals surface area contributed by atoms with Gasteiger partial charge in [-0.3, -0.25) is 4.79 Å². The molecule has 0 unspecified atom stereocenters. The van der Waals surface area contributed by atoms with E-state index in [1.54, 1.807) is 12.1 Å². The largest absolute Gasteiger partial charge is 0.494 e. The van der Waals surface area contributed by atoms with E-state index >= 15 is 0 Å². The number of carbonyl (C=O) groups is 1. The summed E-state index contributed by atoms with van der Waals surface area (Å²) in [6.07, 6.45) is -4.45. The number of hydrogen-bond acceptors (Lipinski definition) is 3. The van der Waals surface area contributed by atoms with Gasteiger partial charge in [0.2, 0.25) is 0 Å². The lowest BCUT2D eigenvalue weighted by Crippen LogP contribution is -2.41. The van der Waals surface area contributed by atoms with Crippen LogP contribution in [0.2, 0.25) is 0 Å². The molecule has 1 amide bonds. The van der Waals surface area contributed by atoms with E-state index in [0.717, 1.165) is 0 Å². The first-order valence-electron chi connectivity index (χ1n) is 7.22. The van der Waals surface area contributed by atoms with Crippen LogP contribution in [0, 0.1) is 0 Å². The first kappa shape index (κ1) is 17.8. The van der Waals surface area contributed by atoms with Gasteiger partial charge in [-0.2, -0.15) is 13.2 Å². The summed E-state index contributed by atoms with van der Waals surface area (Å²) in [5.74, 6) is -0.791. The third-order valence-corrected chi connectivity index (χ3v) is 4.12. The molecule has 0 bridgehead atoms. The molecule has 4 nitrogen and oxygen atoms in total. The first-order valence-corrected chi connectivity index (χ1v) is 7.22. The number of halogens is 3. The maximum Gasteiger partial charge on any atom is 0.494 e. The Morgan fingerprint density at radius 1 is 1.17 bits per heavy atom. The van der Waals surface area contributed by atoms with Crippen LogP contribution in [-0.4, -0.2) is 36.9 Å². The minimum atomic E-state index is -4.45. The zero-order valence-electron chi connectivity index (χ0n) is 13.5. The maximum atomic E-state index is 12.2. The number of amides is 1. The van der Waals surface area contributed by atoms with Crippen LogP contribution in [0.4, 0.5) is 13.2 Å². The van der Waals surface area contributed by atoms with Crippen molar-refractivity contribution >= 4 is 18.5 Å². The fourth-order valence-corrected chi connectivity index (χ4v) is 2.09. The van der Waals surface area contributed by atoms with Crippen LogP contribution in [0.15, 0.2) is 24.3 Å². The Morgan fingerprint density at radius 3 is 2.26 bits per heavy atom. The summed E-state index contributed by atoms with van der Waals surface area (Å²) in [5.41, 5.74) is -0.358. The molecule has 1 aliphatic rings. The van der Waals surface area contributed by atoms with Crippen LogP contribution in [0.25, 0.3) is 0 Å². The fourth-order valence-electron chi connectivity index (χ4n) is 2.09. The van der Waals surface area contributed by atoms with Crippen molar-refractivity contribution in [2.24, 2.45) is 0 Å². The fraction of sp³-hybridized carbons (Fsp3) is 0.533. The lowest BCUT2D eigenvalue weighted by atomic mass is 9.78. The van der Waals surface area contributed by atoms with Gasteiger partial charge in [0, 0.05) is 5.56 Å². The van der Waals surface area contributed by atoms with Crippen molar-refractivity contribution in [1.82, 2.24) is 5.32 Å². The van der Waals surface area contributed by atoms with E-state index < -0.39 is 36.9 Å². The molecule has 1 N–H and O–H groups in total. The second-order valence-corrected chi connectivity index (χ2v) is 6.51. The molecule has 0 radical (unpaired) electrons. The van der Waals surface area contributed by atoms with Crippen molar-refractivity contribution in [2.75, 3.05) is 6.54 Å². The Balaban J connectivity index is 2.14. The van der Waals surface area contributed by atoms with Gasteiger partial charge in [-0.1, -0.05) is 12.1 Å². The Kier molecular flexibility index (Phi) is 4.52. The highest BCUT2D eigenvalue weighted by Crippen LogP contribution is 2.36. The van der Waals surface area contributed by atoms with E-state index in [-0.39, 0.29) is 5.56 Å². The summed E-state index contributed by atoms with van der Waals surface area (Å²) in [7, 11) is -0.671. The molecule has 23 heavy (non-hydrogen) atoms. The van der Waals surface area contributed by atoms with Gasteiger partial charge in [-0.05, 0) is 45.3 Å². The molecule has 1 fully saturated rings. The second-order valence-electron chi connectivity index (χ2n) is 6.51.